The molecule has 0 spiro atoms. The average Bonchev–Trinajstić information content (AvgIpc) is 2.67. The fourth-order valence-electron chi connectivity index (χ4n) is 2.40. The number of nitrogens with zero attached hydrogens (tertiary/aromatic N) is 1. The van der Waals surface area contributed by atoms with Gasteiger partial charge >= 0.3 is 6.61 Å². The Morgan fingerprint density at radius 2 is 1.64 bits per heavy atom. The summed E-state index contributed by atoms with van der Waals surface area (Å²) in [4.78, 5) is 25.8. The van der Waals surface area contributed by atoms with E-state index in [0.717, 1.165) is 5.56 Å². The Hall–Kier alpha value is -3.16. The molecule has 2 amide bonds. The number of carbonyl (C=O) groups is 2. The highest BCUT2D eigenvalue weighted by atomic mass is 19.3. The van der Waals surface area contributed by atoms with Crippen LogP contribution in [0.1, 0.15) is 22.8 Å². The first-order valence-electron chi connectivity index (χ1n) is 8.67. The van der Waals surface area contributed by atoms with E-state index in [4.69, 9.17) is 4.74 Å². The first-order valence-corrected chi connectivity index (χ1v) is 8.67. The molecule has 0 atom stereocenters. The molecule has 8 heteroatoms. The molecule has 1 N–H and O–H groups in total. The summed E-state index contributed by atoms with van der Waals surface area (Å²) >= 11 is 0. The van der Waals surface area contributed by atoms with Gasteiger partial charge < -0.3 is 19.7 Å². The number of halogens is 2. The van der Waals surface area contributed by atoms with Crippen molar-refractivity contribution in [1.82, 2.24) is 10.2 Å². The number of ether oxygens (including phenoxy) is 2. The first-order chi connectivity index (χ1) is 13.4. The van der Waals surface area contributed by atoms with Crippen LogP contribution in [0.5, 0.6) is 11.5 Å². The number of hydrogen-bond acceptors (Lipinski definition) is 4. The fourth-order valence-corrected chi connectivity index (χ4v) is 2.40. The standard InChI is InChI=1S/C20H22F2N2O4/c1-3-27-16-10-6-15(7-11-16)19(26)23-12-18(25)24(2)13-14-4-8-17(9-5-14)28-20(21)22/h4-11,20H,3,12-13H2,1-2H3,(H,23,26). The predicted molar refractivity (Wildman–Crippen MR) is 99.5 cm³/mol. The second-order valence-electron chi connectivity index (χ2n) is 5.91. The van der Waals surface area contributed by atoms with Crippen molar-refractivity contribution in [2.24, 2.45) is 0 Å². The van der Waals surface area contributed by atoms with Gasteiger partial charge in [-0.15, -0.1) is 0 Å². The molecule has 0 aliphatic heterocycles. The van der Waals surface area contributed by atoms with Crippen LogP contribution in [0.3, 0.4) is 0 Å². The number of carbonyl (C=O) groups excluding carboxylic acids is 2. The van der Waals surface area contributed by atoms with Gasteiger partial charge in [-0.2, -0.15) is 8.78 Å². The third kappa shape index (κ3) is 6.53. The topological polar surface area (TPSA) is 67.9 Å². The zero-order valence-corrected chi connectivity index (χ0v) is 15.7. The van der Waals surface area contributed by atoms with E-state index < -0.39 is 6.61 Å². The van der Waals surface area contributed by atoms with E-state index in [2.05, 4.69) is 10.1 Å². The number of alkyl halides is 2. The highest BCUT2D eigenvalue weighted by Gasteiger charge is 2.13. The lowest BCUT2D eigenvalue weighted by molar-refractivity contribution is -0.129. The first kappa shape index (κ1) is 21.1. The van der Waals surface area contributed by atoms with E-state index in [1.807, 2.05) is 6.92 Å². The molecule has 0 saturated heterocycles. The molecule has 150 valence electrons. The van der Waals surface area contributed by atoms with Gasteiger partial charge in [-0.1, -0.05) is 12.1 Å². The Balaban J connectivity index is 1.82. The zero-order chi connectivity index (χ0) is 20.5. The number of hydrogen-bond donors (Lipinski definition) is 1. The third-order valence-electron chi connectivity index (χ3n) is 3.82. The zero-order valence-electron chi connectivity index (χ0n) is 15.7. The fraction of sp³-hybridized carbons (Fsp3) is 0.300. The molecule has 0 fully saturated rings. The van der Waals surface area contributed by atoms with Crippen LogP contribution in [0.4, 0.5) is 8.78 Å². The summed E-state index contributed by atoms with van der Waals surface area (Å²) in [7, 11) is 1.59. The minimum Gasteiger partial charge on any atom is -0.494 e. The molecular weight excluding hydrogens is 370 g/mol. The van der Waals surface area contributed by atoms with Crippen molar-refractivity contribution >= 4 is 11.8 Å². The lowest BCUT2D eigenvalue weighted by Crippen LogP contribution is -2.37. The van der Waals surface area contributed by atoms with Gasteiger partial charge in [-0.3, -0.25) is 9.59 Å². The molecule has 2 rings (SSSR count). The van der Waals surface area contributed by atoms with Crippen molar-refractivity contribution in [1.29, 1.82) is 0 Å². The quantitative estimate of drug-likeness (QED) is 0.712. The number of likely N-dealkylation sites (N-methyl/N-ethyl adjacent to an activating group) is 1. The number of benzene rings is 2. The van der Waals surface area contributed by atoms with Crippen LogP contribution in [-0.2, 0) is 11.3 Å². The van der Waals surface area contributed by atoms with E-state index in [0.29, 0.717) is 17.9 Å². The summed E-state index contributed by atoms with van der Waals surface area (Å²) in [6.07, 6.45) is 0. The average molecular weight is 392 g/mol. The maximum atomic E-state index is 12.2. The van der Waals surface area contributed by atoms with Crippen molar-refractivity contribution in [3.8, 4) is 11.5 Å². The Morgan fingerprint density at radius 1 is 1.04 bits per heavy atom. The summed E-state index contributed by atoms with van der Waals surface area (Å²) in [6.45, 7) is -0.362. The van der Waals surface area contributed by atoms with Crippen LogP contribution in [0.25, 0.3) is 0 Å². The molecule has 2 aromatic carbocycles. The van der Waals surface area contributed by atoms with E-state index >= 15 is 0 Å². The lowest BCUT2D eigenvalue weighted by Gasteiger charge is -2.18. The molecule has 0 aromatic heterocycles. The summed E-state index contributed by atoms with van der Waals surface area (Å²) in [6, 6.07) is 12.6. The maximum absolute atomic E-state index is 12.2. The van der Waals surface area contributed by atoms with Crippen molar-refractivity contribution in [3.05, 3.63) is 59.7 Å². The van der Waals surface area contributed by atoms with E-state index in [1.165, 1.54) is 17.0 Å². The largest absolute Gasteiger partial charge is 0.494 e. The molecule has 0 radical (unpaired) electrons. The Labute approximate surface area is 162 Å². The van der Waals surface area contributed by atoms with Gasteiger partial charge in [0.2, 0.25) is 5.91 Å². The molecule has 0 aliphatic carbocycles. The van der Waals surface area contributed by atoms with Crippen LogP contribution in [0.2, 0.25) is 0 Å². The van der Waals surface area contributed by atoms with Crippen molar-refractivity contribution in [2.75, 3.05) is 20.2 Å². The molecule has 2 aromatic rings. The van der Waals surface area contributed by atoms with Crippen molar-refractivity contribution in [2.45, 2.75) is 20.1 Å². The van der Waals surface area contributed by atoms with Gasteiger partial charge in [0.1, 0.15) is 11.5 Å². The monoisotopic (exact) mass is 392 g/mol. The Bertz CT molecular complexity index is 780. The van der Waals surface area contributed by atoms with Gasteiger partial charge in [0.05, 0.1) is 13.2 Å². The maximum Gasteiger partial charge on any atom is 0.387 e. The van der Waals surface area contributed by atoms with Gasteiger partial charge in [0, 0.05) is 19.2 Å². The minimum atomic E-state index is -2.88. The summed E-state index contributed by atoms with van der Waals surface area (Å²) in [5, 5.41) is 2.57. The molecule has 6 nitrogen and oxygen atoms in total. The molecule has 28 heavy (non-hydrogen) atoms. The van der Waals surface area contributed by atoms with Gasteiger partial charge in [-0.05, 0) is 48.9 Å². The second-order valence-corrected chi connectivity index (χ2v) is 5.91. The number of rotatable bonds is 9. The van der Waals surface area contributed by atoms with E-state index in [-0.39, 0.29) is 30.7 Å². The number of nitrogens with one attached hydrogen (secondary N) is 1. The summed E-state index contributed by atoms with van der Waals surface area (Å²) < 4.78 is 33.9. The van der Waals surface area contributed by atoms with E-state index in [9.17, 15) is 18.4 Å². The third-order valence-corrected chi connectivity index (χ3v) is 3.82. The molecule has 0 aliphatic rings. The molecule has 0 saturated carbocycles. The van der Waals surface area contributed by atoms with Crippen LogP contribution in [0, 0.1) is 0 Å². The van der Waals surface area contributed by atoms with Crippen molar-refractivity contribution < 1.29 is 27.8 Å². The van der Waals surface area contributed by atoms with Gasteiger partial charge in [-0.25, -0.2) is 0 Å². The van der Waals surface area contributed by atoms with Crippen LogP contribution in [0.15, 0.2) is 48.5 Å². The van der Waals surface area contributed by atoms with Crippen LogP contribution >= 0.6 is 0 Å². The molecule has 0 unspecified atom stereocenters. The minimum absolute atomic E-state index is 0.0512. The normalized spacial score (nSPS) is 10.5. The van der Waals surface area contributed by atoms with Crippen LogP contribution < -0.4 is 14.8 Å². The molecule has 0 heterocycles. The number of amides is 2. The SMILES string of the molecule is CCOc1ccc(C(=O)NCC(=O)N(C)Cc2ccc(OC(F)F)cc2)cc1. The second kappa shape index (κ2) is 10.2. The Morgan fingerprint density at radius 3 is 2.21 bits per heavy atom. The molecular formula is C20H22F2N2O4. The predicted octanol–water partition coefficient (Wildman–Crippen LogP) is 3.08. The van der Waals surface area contributed by atoms with Gasteiger partial charge in [0.25, 0.3) is 5.91 Å². The summed E-state index contributed by atoms with van der Waals surface area (Å²) in [5.74, 6) is 0.0701. The Kier molecular flexibility index (Phi) is 7.74. The summed E-state index contributed by atoms with van der Waals surface area (Å²) in [5.41, 5.74) is 1.17. The highest BCUT2D eigenvalue weighted by molar-refractivity contribution is 5.96. The smallest absolute Gasteiger partial charge is 0.387 e. The van der Waals surface area contributed by atoms with E-state index in [1.54, 1.807) is 43.4 Å². The highest BCUT2D eigenvalue weighted by Crippen LogP contribution is 2.16. The molecule has 0 bridgehead atoms. The lowest BCUT2D eigenvalue weighted by atomic mass is 10.2. The van der Waals surface area contributed by atoms with Gasteiger partial charge in [0.15, 0.2) is 0 Å². The van der Waals surface area contributed by atoms with Crippen LogP contribution in [-0.4, -0.2) is 43.5 Å². The van der Waals surface area contributed by atoms with Crippen molar-refractivity contribution in [3.63, 3.8) is 0 Å².